The van der Waals surface area contributed by atoms with E-state index in [1.165, 1.54) is 64.7 Å². The van der Waals surface area contributed by atoms with Gasteiger partial charge in [0.2, 0.25) is 0 Å². The Morgan fingerprint density at radius 3 is 1.78 bits per heavy atom. The first-order valence-electron chi connectivity index (χ1n) is 19.8. The van der Waals surface area contributed by atoms with E-state index < -0.39 is 5.41 Å². The van der Waals surface area contributed by atoms with Crippen molar-refractivity contribution in [3.63, 3.8) is 0 Å². The predicted molar refractivity (Wildman–Crippen MR) is 244 cm³/mol. The fourth-order valence-electron chi connectivity index (χ4n) is 9.68. The lowest BCUT2D eigenvalue weighted by Crippen LogP contribution is -2.28. The van der Waals surface area contributed by atoms with Crippen molar-refractivity contribution in [1.82, 2.24) is 0 Å². The van der Waals surface area contributed by atoms with Crippen LogP contribution >= 0.6 is 11.3 Å². The average Bonchev–Trinajstić information content (AvgIpc) is 3.96. The molecule has 0 spiro atoms. The zero-order chi connectivity index (χ0) is 38.2. The van der Waals surface area contributed by atoms with E-state index >= 15 is 0 Å². The van der Waals surface area contributed by atoms with Crippen LogP contribution in [0.15, 0.2) is 217 Å². The van der Waals surface area contributed by atoms with Crippen molar-refractivity contribution in [1.29, 1.82) is 0 Å². The lowest BCUT2D eigenvalue weighted by atomic mass is 9.68. The number of anilines is 3. The molecule has 1 aliphatic carbocycles. The summed E-state index contributed by atoms with van der Waals surface area (Å²) in [7, 11) is 0. The lowest BCUT2D eigenvalue weighted by molar-refractivity contribution is 0.669. The summed E-state index contributed by atoms with van der Waals surface area (Å²) in [5.74, 6) is 0. The zero-order valence-electron chi connectivity index (χ0n) is 31.5. The summed E-state index contributed by atoms with van der Waals surface area (Å²) in [6.07, 6.45) is 0. The van der Waals surface area contributed by atoms with Crippen LogP contribution in [-0.4, -0.2) is 0 Å². The highest BCUT2D eigenvalue weighted by Gasteiger charge is 2.46. The molecule has 0 radical (unpaired) electrons. The Labute approximate surface area is 340 Å². The first-order valence-corrected chi connectivity index (χ1v) is 20.6. The van der Waals surface area contributed by atoms with Gasteiger partial charge in [-0.3, -0.25) is 0 Å². The number of furan rings is 1. The molecule has 2 heterocycles. The Kier molecular flexibility index (Phi) is 7.35. The molecule has 12 rings (SSSR count). The Balaban J connectivity index is 1.07. The molecule has 0 saturated heterocycles. The van der Waals surface area contributed by atoms with Crippen molar-refractivity contribution in [2.24, 2.45) is 0 Å². The normalized spacial score (nSPS) is 13.0. The summed E-state index contributed by atoms with van der Waals surface area (Å²) in [4.78, 5) is 2.40. The number of hydrogen-bond donors (Lipinski definition) is 0. The minimum Gasteiger partial charge on any atom is -0.456 e. The van der Waals surface area contributed by atoms with Gasteiger partial charge in [0.05, 0.1) is 5.41 Å². The molecule has 0 fully saturated rings. The number of benzene rings is 9. The maximum atomic E-state index is 6.31. The molecule has 2 nitrogen and oxygen atoms in total. The van der Waals surface area contributed by atoms with Crippen LogP contribution in [0.25, 0.3) is 64.4 Å². The summed E-state index contributed by atoms with van der Waals surface area (Å²) in [6.45, 7) is 0. The molecule has 0 N–H and O–H groups in total. The van der Waals surface area contributed by atoms with Crippen molar-refractivity contribution in [2.75, 3.05) is 4.90 Å². The van der Waals surface area contributed by atoms with Crippen LogP contribution < -0.4 is 4.90 Å². The van der Waals surface area contributed by atoms with Gasteiger partial charge in [-0.05, 0) is 105 Å². The van der Waals surface area contributed by atoms with E-state index in [0.29, 0.717) is 0 Å². The van der Waals surface area contributed by atoms with E-state index in [1.54, 1.807) is 0 Å². The highest BCUT2D eigenvalue weighted by Crippen LogP contribution is 2.57. The molecule has 0 bridgehead atoms. The van der Waals surface area contributed by atoms with E-state index in [4.69, 9.17) is 4.42 Å². The molecule has 0 saturated carbocycles. The second-order valence-corrected chi connectivity index (χ2v) is 16.3. The van der Waals surface area contributed by atoms with Crippen LogP contribution in [0.4, 0.5) is 17.1 Å². The lowest BCUT2D eigenvalue weighted by Gasteiger charge is -2.34. The van der Waals surface area contributed by atoms with E-state index in [1.807, 2.05) is 23.5 Å². The Morgan fingerprint density at radius 2 is 0.966 bits per heavy atom. The van der Waals surface area contributed by atoms with Gasteiger partial charge >= 0.3 is 0 Å². The van der Waals surface area contributed by atoms with Gasteiger partial charge in [-0.2, -0.15) is 0 Å². The fourth-order valence-corrected chi connectivity index (χ4v) is 10.8. The number of thiophene rings is 1. The number of fused-ring (bicyclic) bond motifs is 9. The first kappa shape index (κ1) is 33.0. The number of rotatable bonds is 6. The van der Waals surface area contributed by atoms with Crippen molar-refractivity contribution in [3.05, 3.63) is 235 Å². The highest BCUT2D eigenvalue weighted by atomic mass is 32.1. The summed E-state index contributed by atoms with van der Waals surface area (Å²) >= 11 is 1.86. The smallest absolute Gasteiger partial charge is 0.135 e. The summed E-state index contributed by atoms with van der Waals surface area (Å²) in [5, 5.41) is 4.85. The van der Waals surface area contributed by atoms with Crippen molar-refractivity contribution >= 4 is 70.5 Å². The number of hydrogen-bond acceptors (Lipinski definition) is 3. The van der Waals surface area contributed by atoms with E-state index in [0.717, 1.165) is 39.0 Å². The molecule has 0 atom stereocenters. The molecule has 11 aromatic rings. The van der Waals surface area contributed by atoms with E-state index in [9.17, 15) is 0 Å². The Morgan fingerprint density at radius 1 is 0.379 bits per heavy atom. The molecular formula is C55H35NOS. The Hall–Kier alpha value is -7.20. The van der Waals surface area contributed by atoms with Crippen LogP contribution in [0.5, 0.6) is 0 Å². The highest BCUT2D eigenvalue weighted by molar-refractivity contribution is 7.25. The van der Waals surface area contributed by atoms with Gasteiger partial charge in [0.1, 0.15) is 11.2 Å². The molecule has 2 aromatic heterocycles. The van der Waals surface area contributed by atoms with Gasteiger partial charge in [0.25, 0.3) is 0 Å². The molecule has 0 unspecified atom stereocenters. The third-order valence-corrected chi connectivity index (χ3v) is 13.3. The van der Waals surface area contributed by atoms with Crippen LogP contribution in [-0.2, 0) is 5.41 Å². The third kappa shape index (κ3) is 4.84. The van der Waals surface area contributed by atoms with Gasteiger partial charge in [0.15, 0.2) is 0 Å². The van der Waals surface area contributed by atoms with E-state index in [-0.39, 0.29) is 0 Å². The van der Waals surface area contributed by atoms with Crippen molar-refractivity contribution in [3.8, 4) is 22.3 Å². The molecular weight excluding hydrogens is 723 g/mol. The molecule has 272 valence electrons. The van der Waals surface area contributed by atoms with Gasteiger partial charge in [-0.1, -0.05) is 152 Å². The topological polar surface area (TPSA) is 16.4 Å². The average molecular weight is 758 g/mol. The zero-order valence-corrected chi connectivity index (χ0v) is 32.3. The minimum absolute atomic E-state index is 0.457. The van der Waals surface area contributed by atoms with Gasteiger partial charge in [-0.25, -0.2) is 0 Å². The first-order chi connectivity index (χ1) is 28.8. The molecule has 58 heavy (non-hydrogen) atoms. The molecule has 1 aliphatic rings. The van der Waals surface area contributed by atoms with Gasteiger partial charge in [0, 0.05) is 48.0 Å². The molecule has 0 amide bonds. The second-order valence-electron chi connectivity index (χ2n) is 15.2. The fraction of sp³-hybridized carbons (Fsp3) is 0.0182. The maximum absolute atomic E-state index is 6.31. The van der Waals surface area contributed by atoms with Crippen LogP contribution in [0.3, 0.4) is 0 Å². The van der Waals surface area contributed by atoms with Crippen LogP contribution in [0.2, 0.25) is 0 Å². The molecule has 0 aliphatic heterocycles. The quantitative estimate of drug-likeness (QED) is 0.168. The third-order valence-electron chi connectivity index (χ3n) is 12.2. The molecule has 9 aromatic carbocycles. The van der Waals surface area contributed by atoms with Crippen molar-refractivity contribution in [2.45, 2.75) is 5.41 Å². The summed E-state index contributed by atoms with van der Waals surface area (Å²) in [6, 6.07) is 77.6. The SMILES string of the molecule is c1ccc(C2(c3ccccc3)c3ccccc3-c3cc(N(c4ccc(-c5cccc6sc7ccccc7c56)cc4)c4ccc5oc6ccccc6c5c4)ccc32)cc1. The minimum atomic E-state index is -0.457. The number of para-hydroxylation sites is 1. The largest absolute Gasteiger partial charge is 0.456 e. The van der Waals surface area contributed by atoms with Gasteiger partial charge < -0.3 is 9.32 Å². The molecule has 3 heteroatoms. The maximum Gasteiger partial charge on any atom is 0.135 e. The van der Waals surface area contributed by atoms with Crippen molar-refractivity contribution < 1.29 is 4.42 Å². The predicted octanol–water partition coefficient (Wildman–Crippen LogP) is 15.5. The van der Waals surface area contributed by atoms with E-state index in [2.05, 4.69) is 205 Å². The van der Waals surface area contributed by atoms with Gasteiger partial charge in [-0.15, -0.1) is 11.3 Å². The number of nitrogens with zero attached hydrogens (tertiary/aromatic N) is 1. The second kappa shape index (κ2) is 12.9. The van der Waals surface area contributed by atoms with Crippen LogP contribution in [0.1, 0.15) is 22.3 Å². The summed E-state index contributed by atoms with van der Waals surface area (Å²) in [5.41, 5.74) is 14.6. The van der Waals surface area contributed by atoms with Crippen LogP contribution in [0, 0.1) is 0 Å². The summed E-state index contributed by atoms with van der Waals surface area (Å²) < 4.78 is 8.94. The standard InChI is InChI=1S/C55H35NOS/c1-3-14-37(15-4-1)55(38-16-5-2-6-17-38)48-22-10-7-18-43(48)46-34-40(30-32-49(46)55)56(41-31-33-51-47(35-41)44-19-8-11-23-50(44)57-51)39-28-26-36(27-29-39)42-21-13-25-53-54(42)45-20-9-12-24-52(45)58-53/h1-35H. The monoisotopic (exact) mass is 757 g/mol. The Bertz CT molecular complexity index is 3300.